The van der Waals surface area contributed by atoms with Gasteiger partial charge in [0.05, 0.1) is 6.54 Å². The van der Waals surface area contributed by atoms with Crippen molar-refractivity contribution in [2.24, 2.45) is 0 Å². The number of hydrogen-bond donors (Lipinski definition) is 1. The van der Waals surface area contributed by atoms with Crippen molar-refractivity contribution in [3.8, 4) is 0 Å². The highest BCUT2D eigenvalue weighted by Gasteiger charge is 2.21. The fourth-order valence-electron chi connectivity index (χ4n) is 2.19. The van der Waals surface area contributed by atoms with Crippen LogP contribution >= 0.6 is 11.8 Å². The maximum Gasteiger partial charge on any atom is 0.223 e. The minimum Gasteiger partial charge on any atom is -0.340 e. The van der Waals surface area contributed by atoms with Crippen LogP contribution in [-0.2, 0) is 6.54 Å². The summed E-state index contributed by atoms with van der Waals surface area (Å²) in [4.78, 5) is 4.19. The molecule has 1 aromatic rings. The van der Waals surface area contributed by atoms with Crippen molar-refractivity contribution in [2.45, 2.75) is 50.4 Å². The van der Waals surface area contributed by atoms with Crippen LogP contribution in [0, 0.1) is 6.92 Å². The van der Waals surface area contributed by atoms with Crippen LogP contribution in [0.5, 0.6) is 0 Å². The molecule has 1 saturated carbocycles. The third-order valence-electron chi connectivity index (χ3n) is 3.08. The molecule has 0 spiro atoms. The van der Waals surface area contributed by atoms with Crippen molar-refractivity contribution in [3.63, 3.8) is 0 Å². The molecular formula is C11H19N3OS. The van der Waals surface area contributed by atoms with Crippen LogP contribution in [0.25, 0.3) is 0 Å². The van der Waals surface area contributed by atoms with Crippen LogP contribution in [-0.4, -0.2) is 27.7 Å². The van der Waals surface area contributed by atoms with Crippen molar-refractivity contribution in [1.82, 2.24) is 15.5 Å². The molecule has 1 heterocycles. The predicted molar refractivity (Wildman–Crippen MR) is 65.4 cm³/mol. The summed E-state index contributed by atoms with van der Waals surface area (Å²) in [5.74, 6) is 1.41. The Kier molecular flexibility index (Phi) is 4.23. The van der Waals surface area contributed by atoms with Gasteiger partial charge in [-0.15, -0.1) is 0 Å². The van der Waals surface area contributed by atoms with Crippen molar-refractivity contribution in [1.29, 1.82) is 0 Å². The van der Waals surface area contributed by atoms with E-state index in [1.54, 1.807) is 0 Å². The standard InChI is InChI=1S/C11H19N3OS/c1-8-13-11(14-15-8)7-12-9-4-3-5-10(6-9)16-2/h9-10,12H,3-7H2,1-2H3. The summed E-state index contributed by atoms with van der Waals surface area (Å²) in [5.41, 5.74) is 0. The first-order chi connectivity index (χ1) is 7.78. The van der Waals surface area contributed by atoms with Gasteiger partial charge >= 0.3 is 0 Å². The highest BCUT2D eigenvalue weighted by Crippen LogP contribution is 2.26. The minimum atomic E-state index is 0.616. The van der Waals surface area contributed by atoms with E-state index >= 15 is 0 Å². The summed E-state index contributed by atoms with van der Waals surface area (Å²) in [7, 11) is 0. The molecule has 1 fully saturated rings. The van der Waals surface area contributed by atoms with Gasteiger partial charge in [-0.1, -0.05) is 11.6 Å². The van der Waals surface area contributed by atoms with E-state index in [-0.39, 0.29) is 0 Å². The Morgan fingerprint density at radius 1 is 1.50 bits per heavy atom. The molecule has 16 heavy (non-hydrogen) atoms. The highest BCUT2D eigenvalue weighted by atomic mass is 32.2. The minimum absolute atomic E-state index is 0.616. The van der Waals surface area contributed by atoms with E-state index in [0.29, 0.717) is 11.9 Å². The van der Waals surface area contributed by atoms with Gasteiger partial charge in [0.25, 0.3) is 0 Å². The van der Waals surface area contributed by atoms with E-state index in [1.165, 1.54) is 25.7 Å². The van der Waals surface area contributed by atoms with E-state index in [0.717, 1.165) is 17.6 Å². The fraction of sp³-hybridized carbons (Fsp3) is 0.818. The smallest absolute Gasteiger partial charge is 0.223 e. The summed E-state index contributed by atoms with van der Waals surface area (Å²) in [6.45, 7) is 2.55. The van der Waals surface area contributed by atoms with Gasteiger partial charge in [0, 0.05) is 18.2 Å². The average Bonchev–Trinajstić information content (AvgIpc) is 2.73. The second kappa shape index (κ2) is 5.68. The summed E-state index contributed by atoms with van der Waals surface area (Å²) < 4.78 is 4.94. The molecule has 0 bridgehead atoms. The highest BCUT2D eigenvalue weighted by molar-refractivity contribution is 7.99. The van der Waals surface area contributed by atoms with Crippen LogP contribution in [0.2, 0.25) is 0 Å². The first-order valence-corrected chi connectivity index (χ1v) is 7.12. The van der Waals surface area contributed by atoms with E-state index in [2.05, 4.69) is 21.7 Å². The Morgan fingerprint density at radius 3 is 3.06 bits per heavy atom. The molecule has 0 aromatic carbocycles. The second-order valence-electron chi connectivity index (χ2n) is 4.33. The molecule has 1 aromatic heterocycles. The number of nitrogens with one attached hydrogen (secondary N) is 1. The zero-order valence-corrected chi connectivity index (χ0v) is 10.7. The van der Waals surface area contributed by atoms with Crippen LogP contribution < -0.4 is 5.32 Å². The molecule has 90 valence electrons. The molecule has 1 N–H and O–H groups in total. The molecule has 0 aliphatic heterocycles. The van der Waals surface area contributed by atoms with Crippen LogP contribution in [0.3, 0.4) is 0 Å². The third-order valence-corrected chi connectivity index (χ3v) is 4.17. The molecule has 2 atom stereocenters. The molecule has 4 nitrogen and oxygen atoms in total. The van der Waals surface area contributed by atoms with Crippen molar-refractivity contribution < 1.29 is 4.52 Å². The van der Waals surface area contributed by atoms with E-state index < -0.39 is 0 Å². The Morgan fingerprint density at radius 2 is 2.38 bits per heavy atom. The molecule has 1 aliphatic rings. The van der Waals surface area contributed by atoms with E-state index in [1.807, 2.05) is 18.7 Å². The maximum absolute atomic E-state index is 4.94. The fourth-order valence-corrected chi connectivity index (χ4v) is 3.02. The van der Waals surface area contributed by atoms with Gasteiger partial charge in [-0.25, -0.2) is 0 Å². The molecule has 2 unspecified atom stereocenters. The first kappa shape index (κ1) is 11.9. The largest absolute Gasteiger partial charge is 0.340 e. The lowest BCUT2D eigenvalue weighted by Crippen LogP contribution is -2.34. The molecule has 0 saturated heterocycles. The van der Waals surface area contributed by atoms with Crippen molar-refractivity contribution in [2.75, 3.05) is 6.26 Å². The summed E-state index contributed by atoms with van der Waals surface area (Å²) in [6, 6.07) is 0.616. The van der Waals surface area contributed by atoms with E-state index in [9.17, 15) is 0 Å². The quantitative estimate of drug-likeness (QED) is 0.875. The van der Waals surface area contributed by atoms with Gasteiger partial charge in [-0.05, 0) is 25.5 Å². The lowest BCUT2D eigenvalue weighted by molar-refractivity contribution is 0.362. The number of rotatable bonds is 4. The third kappa shape index (κ3) is 3.22. The van der Waals surface area contributed by atoms with Gasteiger partial charge in [0.2, 0.25) is 5.89 Å². The molecule has 2 rings (SSSR count). The molecule has 0 amide bonds. The van der Waals surface area contributed by atoms with Crippen molar-refractivity contribution >= 4 is 11.8 Å². The lowest BCUT2D eigenvalue weighted by Gasteiger charge is -2.28. The number of thioether (sulfide) groups is 1. The number of aryl methyl sites for hydroxylation is 1. The molecule has 0 radical (unpaired) electrons. The SMILES string of the molecule is CSC1CCCC(NCc2noc(C)n2)C1. The van der Waals surface area contributed by atoms with Gasteiger partial charge in [0.1, 0.15) is 0 Å². The normalized spacial score (nSPS) is 25.9. The predicted octanol–water partition coefficient (Wildman–Crippen LogP) is 2.14. The maximum atomic E-state index is 4.94. The lowest BCUT2D eigenvalue weighted by atomic mass is 9.95. The molecular weight excluding hydrogens is 222 g/mol. The van der Waals surface area contributed by atoms with Gasteiger partial charge in [-0.3, -0.25) is 0 Å². The zero-order valence-electron chi connectivity index (χ0n) is 9.90. The Labute approximate surface area is 101 Å². The monoisotopic (exact) mass is 241 g/mol. The van der Waals surface area contributed by atoms with Crippen LogP contribution in [0.15, 0.2) is 4.52 Å². The molecule has 1 aliphatic carbocycles. The van der Waals surface area contributed by atoms with Crippen molar-refractivity contribution in [3.05, 3.63) is 11.7 Å². The van der Waals surface area contributed by atoms with Crippen LogP contribution in [0.4, 0.5) is 0 Å². The van der Waals surface area contributed by atoms with Crippen LogP contribution in [0.1, 0.15) is 37.4 Å². The summed E-state index contributed by atoms with van der Waals surface area (Å²) in [6.07, 6.45) is 7.43. The number of nitrogens with zero attached hydrogens (tertiary/aromatic N) is 2. The Bertz CT molecular complexity index is 329. The zero-order chi connectivity index (χ0) is 11.4. The summed E-state index contributed by atoms with van der Waals surface area (Å²) in [5, 5.41) is 8.22. The molecule has 5 heteroatoms. The average molecular weight is 241 g/mol. The number of hydrogen-bond acceptors (Lipinski definition) is 5. The first-order valence-electron chi connectivity index (χ1n) is 5.83. The number of aromatic nitrogens is 2. The Balaban J connectivity index is 1.77. The Hall–Kier alpha value is -0.550. The summed E-state index contributed by atoms with van der Waals surface area (Å²) >= 11 is 1.99. The van der Waals surface area contributed by atoms with Gasteiger partial charge < -0.3 is 9.84 Å². The van der Waals surface area contributed by atoms with E-state index in [4.69, 9.17) is 4.52 Å². The van der Waals surface area contributed by atoms with Gasteiger partial charge in [0.15, 0.2) is 5.82 Å². The van der Waals surface area contributed by atoms with Gasteiger partial charge in [-0.2, -0.15) is 16.7 Å². The second-order valence-corrected chi connectivity index (χ2v) is 5.47. The topological polar surface area (TPSA) is 51.0 Å².